The van der Waals surface area contributed by atoms with Gasteiger partial charge in [-0.2, -0.15) is 0 Å². The number of thiazole rings is 1. The molecule has 0 aliphatic carbocycles. The van der Waals surface area contributed by atoms with E-state index < -0.39 is 0 Å². The van der Waals surface area contributed by atoms with Gasteiger partial charge in [-0.3, -0.25) is 4.79 Å². The second-order valence-corrected chi connectivity index (χ2v) is 6.74. The maximum absolute atomic E-state index is 12.6. The average molecular weight is 358 g/mol. The Bertz CT molecular complexity index is 831. The summed E-state index contributed by atoms with van der Waals surface area (Å²) in [7, 11) is 0. The summed E-state index contributed by atoms with van der Waals surface area (Å²) in [5.41, 5.74) is 1.49. The number of nitrogens with zero attached hydrogens (tertiary/aromatic N) is 2. The van der Waals surface area contributed by atoms with Crippen LogP contribution in [0.2, 0.25) is 5.02 Å². The molecule has 0 spiro atoms. The molecule has 0 unspecified atom stereocenters. The van der Waals surface area contributed by atoms with Crippen LogP contribution in [0.5, 0.6) is 0 Å². The summed E-state index contributed by atoms with van der Waals surface area (Å²) in [4.78, 5) is 22.2. The van der Waals surface area contributed by atoms with Gasteiger partial charge in [0.1, 0.15) is 16.5 Å². The molecule has 0 aliphatic heterocycles. The van der Waals surface area contributed by atoms with Crippen LogP contribution in [0.3, 0.4) is 0 Å². The Labute approximate surface area is 149 Å². The minimum atomic E-state index is -0.244. The lowest BCUT2D eigenvalue weighted by molar-refractivity contribution is 0.102. The third kappa shape index (κ3) is 3.80. The molecule has 4 nitrogen and oxygen atoms in total. The first-order valence-corrected chi connectivity index (χ1v) is 8.85. The van der Waals surface area contributed by atoms with Crippen LogP contribution in [-0.4, -0.2) is 15.9 Å². The molecule has 24 heavy (non-hydrogen) atoms. The maximum Gasteiger partial charge on any atom is 0.276 e. The van der Waals surface area contributed by atoms with E-state index in [2.05, 4.69) is 22.2 Å². The van der Waals surface area contributed by atoms with E-state index in [4.69, 9.17) is 11.6 Å². The first-order chi connectivity index (χ1) is 11.7. The largest absolute Gasteiger partial charge is 0.305 e. The second kappa shape index (κ2) is 7.55. The lowest BCUT2D eigenvalue weighted by atomic mass is 10.2. The number of hydrogen-bond donors (Lipinski definition) is 1. The predicted octanol–water partition coefficient (Wildman–Crippen LogP) is 5.06. The zero-order valence-corrected chi connectivity index (χ0v) is 14.7. The Morgan fingerprint density at radius 2 is 2.00 bits per heavy atom. The molecular weight excluding hydrogens is 342 g/mol. The van der Waals surface area contributed by atoms with Gasteiger partial charge in [0.15, 0.2) is 0 Å². The van der Waals surface area contributed by atoms with E-state index in [0.29, 0.717) is 16.5 Å². The highest BCUT2D eigenvalue weighted by Gasteiger charge is 2.19. The second-order valence-electron chi connectivity index (χ2n) is 5.22. The van der Waals surface area contributed by atoms with Gasteiger partial charge >= 0.3 is 0 Å². The van der Waals surface area contributed by atoms with Crippen LogP contribution >= 0.6 is 22.9 Å². The van der Waals surface area contributed by atoms with E-state index in [1.165, 1.54) is 6.20 Å². The third-order valence-electron chi connectivity index (χ3n) is 3.38. The summed E-state index contributed by atoms with van der Waals surface area (Å²) in [6.07, 6.45) is 3.28. The predicted molar refractivity (Wildman–Crippen MR) is 98.7 cm³/mol. The number of nitrogens with one attached hydrogen (secondary N) is 1. The number of carbonyl (C=O) groups is 1. The van der Waals surface area contributed by atoms with E-state index in [-0.39, 0.29) is 5.91 Å². The van der Waals surface area contributed by atoms with Crippen molar-refractivity contribution < 1.29 is 4.79 Å². The first kappa shape index (κ1) is 16.6. The fraction of sp³-hybridized carbons (Fsp3) is 0.167. The van der Waals surface area contributed by atoms with Crippen molar-refractivity contribution in [2.24, 2.45) is 0 Å². The van der Waals surface area contributed by atoms with Crippen molar-refractivity contribution in [3.05, 3.63) is 64.3 Å². The van der Waals surface area contributed by atoms with Gasteiger partial charge < -0.3 is 5.32 Å². The maximum atomic E-state index is 12.6. The topological polar surface area (TPSA) is 54.9 Å². The summed E-state index contributed by atoms with van der Waals surface area (Å²) in [6, 6.07) is 13.2. The molecule has 1 amide bonds. The Balaban J connectivity index is 1.89. The molecule has 0 bridgehead atoms. The summed E-state index contributed by atoms with van der Waals surface area (Å²) < 4.78 is 0. The van der Waals surface area contributed by atoms with Crippen LogP contribution in [-0.2, 0) is 6.42 Å². The minimum absolute atomic E-state index is 0.244. The molecule has 122 valence electrons. The number of aryl methyl sites for hydroxylation is 1. The molecule has 0 saturated heterocycles. The van der Waals surface area contributed by atoms with Crippen molar-refractivity contribution in [2.45, 2.75) is 19.8 Å². The minimum Gasteiger partial charge on any atom is -0.305 e. The quantitative estimate of drug-likeness (QED) is 0.694. The SMILES string of the molecule is CCCc1sc(-c2ccccc2)nc1C(=O)Nc1ccc(Cl)cn1. The highest BCUT2D eigenvalue weighted by molar-refractivity contribution is 7.15. The molecule has 0 saturated carbocycles. The molecule has 0 fully saturated rings. The zero-order valence-electron chi connectivity index (χ0n) is 13.1. The van der Waals surface area contributed by atoms with Crippen molar-refractivity contribution in [3.8, 4) is 10.6 Å². The van der Waals surface area contributed by atoms with E-state index in [1.807, 2.05) is 30.3 Å². The standard InChI is InChI=1S/C18H16ClN3OS/c1-2-6-14-16(17(23)21-15-10-9-13(19)11-20-15)22-18(24-14)12-7-4-3-5-8-12/h3-5,7-11H,2,6H2,1H3,(H,20,21,23). The van der Waals surface area contributed by atoms with Crippen molar-refractivity contribution in [2.75, 3.05) is 5.32 Å². The third-order valence-corrected chi connectivity index (χ3v) is 4.77. The Morgan fingerprint density at radius 1 is 1.21 bits per heavy atom. The Kier molecular flexibility index (Phi) is 5.23. The van der Waals surface area contributed by atoms with Gasteiger partial charge in [0, 0.05) is 16.6 Å². The van der Waals surface area contributed by atoms with E-state index in [0.717, 1.165) is 28.3 Å². The number of aromatic nitrogens is 2. The van der Waals surface area contributed by atoms with Crippen molar-refractivity contribution in [1.82, 2.24) is 9.97 Å². The number of amides is 1. The molecule has 2 aromatic heterocycles. The number of rotatable bonds is 5. The van der Waals surface area contributed by atoms with E-state index >= 15 is 0 Å². The number of pyridine rings is 1. The van der Waals surface area contributed by atoms with Gasteiger partial charge in [-0.25, -0.2) is 9.97 Å². The summed E-state index contributed by atoms with van der Waals surface area (Å²) >= 11 is 7.38. The molecule has 2 heterocycles. The van der Waals surface area contributed by atoms with Gasteiger partial charge in [0.25, 0.3) is 5.91 Å². The number of anilines is 1. The lowest BCUT2D eigenvalue weighted by Crippen LogP contribution is -2.15. The van der Waals surface area contributed by atoms with Crippen LogP contribution in [0.1, 0.15) is 28.7 Å². The highest BCUT2D eigenvalue weighted by atomic mass is 35.5. The lowest BCUT2D eigenvalue weighted by Gasteiger charge is -2.03. The summed E-state index contributed by atoms with van der Waals surface area (Å²) in [5, 5.41) is 4.17. The molecular formula is C18H16ClN3OS. The van der Waals surface area contributed by atoms with Crippen LogP contribution in [0, 0.1) is 0 Å². The number of benzene rings is 1. The molecule has 3 aromatic rings. The molecule has 0 aliphatic rings. The van der Waals surface area contributed by atoms with Gasteiger partial charge in [-0.05, 0) is 18.6 Å². The monoisotopic (exact) mass is 357 g/mol. The highest BCUT2D eigenvalue weighted by Crippen LogP contribution is 2.29. The van der Waals surface area contributed by atoms with Gasteiger partial charge in [0.2, 0.25) is 0 Å². The van der Waals surface area contributed by atoms with Crippen LogP contribution in [0.25, 0.3) is 10.6 Å². The first-order valence-electron chi connectivity index (χ1n) is 7.65. The van der Waals surface area contributed by atoms with Gasteiger partial charge in [-0.1, -0.05) is 55.3 Å². The number of carbonyl (C=O) groups excluding carboxylic acids is 1. The fourth-order valence-electron chi connectivity index (χ4n) is 2.26. The van der Waals surface area contributed by atoms with Crippen molar-refractivity contribution >= 4 is 34.7 Å². The van der Waals surface area contributed by atoms with Crippen LogP contribution < -0.4 is 5.32 Å². The zero-order chi connectivity index (χ0) is 16.9. The molecule has 1 aromatic carbocycles. The number of hydrogen-bond acceptors (Lipinski definition) is 4. The molecule has 6 heteroatoms. The van der Waals surface area contributed by atoms with E-state index in [9.17, 15) is 4.79 Å². The molecule has 3 rings (SSSR count). The van der Waals surface area contributed by atoms with Crippen LogP contribution in [0.15, 0.2) is 48.7 Å². The fourth-order valence-corrected chi connectivity index (χ4v) is 3.53. The van der Waals surface area contributed by atoms with E-state index in [1.54, 1.807) is 23.5 Å². The normalized spacial score (nSPS) is 10.6. The van der Waals surface area contributed by atoms with Gasteiger partial charge in [-0.15, -0.1) is 11.3 Å². The smallest absolute Gasteiger partial charge is 0.276 e. The van der Waals surface area contributed by atoms with Crippen LogP contribution in [0.4, 0.5) is 5.82 Å². The summed E-state index contributed by atoms with van der Waals surface area (Å²) in [5.74, 6) is 0.216. The average Bonchev–Trinajstić information content (AvgIpc) is 3.02. The summed E-state index contributed by atoms with van der Waals surface area (Å²) in [6.45, 7) is 2.09. The molecule has 0 atom stereocenters. The number of halogens is 1. The van der Waals surface area contributed by atoms with Crippen molar-refractivity contribution in [1.29, 1.82) is 0 Å². The molecule has 1 N–H and O–H groups in total. The van der Waals surface area contributed by atoms with Gasteiger partial charge in [0.05, 0.1) is 5.02 Å². The Hall–Kier alpha value is -2.24. The Morgan fingerprint density at radius 3 is 2.67 bits per heavy atom. The van der Waals surface area contributed by atoms with Crippen molar-refractivity contribution in [3.63, 3.8) is 0 Å². The molecule has 0 radical (unpaired) electrons.